The number of nitrogens with zero attached hydrogens (tertiary/aromatic N) is 2. The molecule has 2 aromatic rings. The first-order valence-electron chi connectivity index (χ1n) is 6.51. The Morgan fingerprint density at radius 1 is 1.40 bits per heavy atom. The van der Waals surface area contributed by atoms with Crippen molar-refractivity contribution in [1.82, 2.24) is 20.1 Å². The van der Waals surface area contributed by atoms with E-state index in [9.17, 15) is 9.59 Å². The van der Waals surface area contributed by atoms with Crippen LogP contribution in [0.1, 0.15) is 23.1 Å². The number of aromatic nitrogens is 3. The summed E-state index contributed by atoms with van der Waals surface area (Å²) in [7, 11) is 1.49. The van der Waals surface area contributed by atoms with E-state index < -0.39 is 5.69 Å². The number of nitrogens with one attached hydrogen (secondary N) is 2. The minimum absolute atomic E-state index is 0.0458. The standard InChI is InChI=1S/C14H18N4O2/c1-10(8-11-6-4-3-5-7-11)9-15-13(19)12-16-14(20)18(2)17-12/h3-7,10H,8-9H2,1-2H3,(H,15,19)(H,16,17,20). The Bertz CT molecular complexity index is 630. The van der Waals surface area contributed by atoms with Crippen molar-refractivity contribution in [2.45, 2.75) is 13.3 Å². The Hall–Kier alpha value is -2.37. The highest BCUT2D eigenvalue weighted by Gasteiger charge is 2.12. The number of amides is 1. The first-order chi connectivity index (χ1) is 9.56. The number of carbonyl (C=O) groups excluding carboxylic acids is 1. The van der Waals surface area contributed by atoms with Crippen molar-refractivity contribution in [1.29, 1.82) is 0 Å². The second kappa shape index (κ2) is 6.18. The Labute approximate surface area is 116 Å². The third-order valence-corrected chi connectivity index (χ3v) is 3.02. The fraction of sp³-hybridized carbons (Fsp3) is 0.357. The lowest BCUT2D eigenvalue weighted by Crippen LogP contribution is -2.30. The summed E-state index contributed by atoms with van der Waals surface area (Å²) in [6.45, 7) is 2.60. The van der Waals surface area contributed by atoms with Gasteiger partial charge in [-0.15, -0.1) is 5.10 Å². The molecule has 20 heavy (non-hydrogen) atoms. The summed E-state index contributed by atoms with van der Waals surface area (Å²) in [4.78, 5) is 25.4. The van der Waals surface area contributed by atoms with Gasteiger partial charge in [0.25, 0.3) is 5.91 Å². The zero-order valence-electron chi connectivity index (χ0n) is 11.6. The number of benzene rings is 1. The smallest absolute Gasteiger partial charge is 0.343 e. The van der Waals surface area contributed by atoms with E-state index in [1.807, 2.05) is 18.2 Å². The molecule has 1 unspecified atom stereocenters. The van der Waals surface area contributed by atoms with Crippen molar-refractivity contribution in [2.75, 3.05) is 6.54 Å². The van der Waals surface area contributed by atoms with Gasteiger partial charge in [-0.25, -0.2) is 9.48 Å². The minimum atomic E-state index is -0.396. The SMILES string of the molecule is CC(CNC(=O)c1nn(C)c(=O)[nH]1)Cc1ccccc1. The number of hydrogen-bond acceptors (Lipinski definition) is 3. The molecule has 6 heteroatoms. The zero-order valence-corrected chi connectivity index (χ0v) is 11.6. The summed E-state index contributed by atoms with van der Waals surface area (Å²) in [5, 5.41) is 6.58. The van der Waals surface area contributed by atoms with Crippen molar-refractivity contribution in [2.24, 2.45) is 13.0 Å². The lowest BCUT2D eigenvalue weighted by atomic mass is 10.0. The Morgan fingerprint density at radius 2 is 2.10 bits per heavy atom. The van der Waals surface area contributed by atoms with Crippen LogP contribution in [0.25, 0.3) is 0 Å². The van der Waals surface area contributed by atoms with Gasteiger partial charge < -0.3 is 5.32 Å². The fourth-order valence-corrected chi connectivity index (χ4v) is 1.94. The summed E-state index contributed by atoms with van der Waals surface area (Å²) in [5.74, 6) is -0.0104. The Morgan fingerprint density at radius 3 is 2.70 bits per heavy atom. The molecule has 1 aromatic carbocycles. The summed E-state index contributed by atoms with van der Waals surface area (Å²) in [6.07, 6.45) is 0.889. The molecular weight excluding hydrogens is 256 g/mol. The van der Waals surface area contributed by atoms with Gasteiger partial charge in [-0.05, 0) is 17.9 Å². The zero-order chi connectivity index (χ0) is 14.5. The van der Waals surface area contributed by atoms with E-state index in [2.05, 4.69) is 34.5 Å². The molecule has 0 saturated heterocycles. The normalized spacial score (nSPS) is 12.1. The van der Waals surface area contributed by atoms with Crippen LogP contribution in [0, 0.1) is 5.92 Å². The largest absolute Gasteiger partial charge is 0.349 e. The molecule has 0 radical (unpaired) electrons. The number of aromatic amines is 1. The maximum atomic E-state index is 11.8. The maximum Gasteiger partial charge on any atom is 0.343 e. The van der Waals surface area contributed by atoms with E-state index in [0.717, 1.165) is 11.1 Å². The molecule has 0 aliphatic heterocycles. The molecular formula is C14H18N4O2. The predicted molar refractivity (Wildman–Crippen MR) is 75.5 cm³/mol. The average Bonchev–Trinajstić information content (AvgIpc) is 2.77. The van der Waals surface area contributed by atoms with Gasteiger partial charge in [0.1, 0.15) is 0 Å². The number of carbonyl (C=O) groups is 1. The molecule has 1 amide bonds. The molecule has 2 N–H and O–H groups in total. The van der Waals surface area contributed by atoms with E-state index in [-0.39, 0.29) is 11.7 Å². The molecule has 0 fully saturated rings. The highest BCUT2D eigenvalue weighted by molar-refractivity contribution is 5.90. The fourth-order valence-electron chi connectivity index (χ4n) is 1.94. The van der Waals surface area contributed by atoms with E-state index >= 15 is 0 Å². The molecule has 0 bridgehead atoms. The van der Waals surface area contributed by atoms with Gasteiger partial charge in [-0.2, -0.15) is 0 Å². The number of rotatable bonds is 5. The van der Waals surface area contributed by atoms with Crippen molar-refractivity contribution in [3.8, 4) is 0 Å². The highest BCUT2D eigenvalue weighted by atomic mass is 16.2. The number of H-pyrrole nitrogens is 1. The Balaban J connectivity index is 1.85. The quantitative estimate of drug-likeness (QED) is 0.843. The van der Waals surface area contributed by atoms with E-state index in [1.54, 1.807) is 0 Å². The minimum Gasteiger partial charge on any atom is -0.349 e. The number of aryl methyl sites for hydroxylation is 1. The summed E-state index contributed by atoms with van der Waals surface area (Å²) < 4.78 is 1.10. The van der Waals surface area contributed by atoms with Gasteiger partial charge in [-0.1, -0.05) is 37.3 Å². The maximum absolute atomic E-state index is 11.8. The molecule has 0 spiro atoms. The molecule has 1 heterocycles. The Kier molecular flexibility index (Phi) is 4.34. The second-order valence-electron chi connectivity index (χ2n) is 4.91. The van der Waals surface area contributed by atoms with Gasteiger partial charge in [0.15, 0.2) is 0 Å². The third kappa shape index (κ3) is 3.57. The van der Waals surface area contributed by atoms with Crippen LogP contribution in [0.5, 0.6) is 0 Å². The molecule has 106 valence electrons. The van der Waals surface area contributed by atoms with Crippen LogP contribution in [-0.2, 0) is 13.5 Å². The second-order valence-corrected chi connectivity index (χ2v) is 4.91. The highest BCUT2D eigenvalue weighted by Crippen LogP contribution is 2.07. The van der Waals surface area contributed by atoms with Crippen molar-refractivity contribution >= 4 is 5.91 Å². The van der Waals surface area contributed by atoms with Gasteiger partial charge in [0, 0.05) is 13.6 Å². The molecule has 0 aliphatic carbocycles. The molecule has 1 aromatic heterocycles. The lowest BCUT2D eigenvalue weighted by molar-refractivity contribution is 0.0937. The van der Waals surface area contributed by atoms with Crippen LogP contribution in [0.3, 0.4) is 0 Å². The van der Waals surface area contributed by atoms with Crippen molar-refractivity contribution in [3.63, 3.8) is 0 Å². The van der Waals surface area contributed by atoms with Crippen LogP contribution in [0.15, 0.2) is 35.1 Å². The third-order valence-electron chi connectivity index (χ3n) is 3.02. The van der Waals surface area contributed by atoms with Crippen LogP contribution in [0.2, 0.25) is 0 Å². The summed E-state index contributed by atoms with van der Waals surface area (Å²) in [6, 6.07) is 10.1. The van der Waals surface area contributed by atoms with Gasteiger partial charge in [-0.3, -0.25) is 9.78 Å². The predicted octanol–water partition coefficient (Wildman–Crippen LogP) is 0.717. The molecule has 2 rings (SSSR count). The first kappa shape index (κ1) is 14.0. The van der Waals surface area contributed by atoms with E-state index in [4.69, 9.17) is 0 Å². The number of hydrogen-bond donors (Lipinski definition) is 2. The van der Waals surface area contributed by atoms with Gasteiger partial charge in [0.2, 0.25) is 5.82 Å². The van der Waals surface area contributed by atoms with E-state index in [1.165, 1.54) is 12.6 Å². The molecule has 0 aliphatic rings. The van der Waals surface area contributed by atoms with Crippen LogP contribution >= 0.6 is 0 Å². The summed E-state index contributed by atoms with van der Waals surface area (Å²) >= 11 is 0. The van der Waals surface area contributed by atoms with Crippen LogP contribution in [0.4, 0.5) is 0 Å². The molecule has 1 atom stereocenters. The molecule has 6 nitrogen and oxygen atoms in total. The van der Waals surface area contributed by atoms with Crippen LogP contribution in [-0.4, -0.2) is 27.2 Å². The van der Waals surface area contributed by atoms with Gasteiger partial charge in [0.05, 0.1) is 0 Å². The lowest BCUT2D eigenvalue weighted by Gasteiger charge is -2.11. The van der Waals surface area contributed by atoms with E-state index in [0.29, 0.717) is 12.5 Å². The first-order valence-corrected chi connectivity index (χ1v) is 6.51. The molecule has 0 saturated carbocycles. The topological polar surface area (TPSA) is 79.8 Å². The van der Waals surface area contributed by atoms with Crippen LogP contribution < -0.4 is 11.0 Å². The monoisotopic (exact) mass is 274 g/mol. The summed E-state index contributed by atoms with van der Waals surface area (Å²) in [5.41, 5.74) is 0.841. The van der Waals surface area contributed by atoms with Crippen molar-refractivity contribution < 1.29 is 4.79 Å². The van der Waals surface area contributed by atoms with Gasteiger partial charge >= 0.3 is 5.69 Å². The van der Waals surface area contributed by atoms with Crippen molar-refractivity contribution in [3.05, 3.63) is 52.2 Å². The average molecular weight is 274 g/mol.